The highest BCUT2D eigenvalue weighted by atomic mass is 32.1. The molecular weight excluding hydrogens is 218 g/mol. The van der Waals surface area contributed by atoms with Gasteiger partial charge >= 0.3 is 5.97 Å². The molecule has 0 aromatic carbocycles. The smallest absolute Gasteiger partial charge is 0.347 e. The van der Waals surface area contributed by atoms with Crippen LogP contribution in [0.2, 0.25) is 0 Å². The molecule has 0 saturated heterocycles. The third-order valence-electron chi connectivity index (χ3n) is 1.67. The van der Waals surface area contributed by atoms with E-state index < -0.39 is 5.97 Å². The van der Waals surface area contributed by atoms with E-state index >= 15 is 0 Å². The van der Waals surface area contributed by atoms with Crippen molar-refractivity contribution >= 4 is 28.6 Å². The van der Waals surface area contributed by atoms with Gasteiger partial charge in [0.25, 0.3) is 0 Å². The molecule has 0 bridgehead atoms. The lowest BCUT2D eigenvalue weighted by atomic mass is 10.4. The van der Waals surface area contributed by atoms with E-state index in [1.807, 2.05) is 19.1 Å². The number of aromatic carboxylic acids is 1. The third kappa shape index (κ3) is 1.69. The number of aromatic nitrogens is 1. The lowest BCUT2D eigenvalue weighted by Gasteiger charge is -1.85. The largest absolute Gasteiger partial charge is 0.477 e. The second kappa shape index (κ2) is 3.51. The molecule has 0 unspecified atom stereocenters. The Morgan fingerprint density at radius 1 is 1.43 bits per heavy atom. The molecule has 0 amide bonds. The zero-order chi connectivity index (χ0) is 10.1. The molecule has 5 heteroatoms. The highest BCUT2D eigenvalue weighted by Crippen LogP contribution is 2.30. The van der Waals surface area contributed by atoms with E-state index in [2.05, 4.69) is 4.98 Å². The van der Waals surface area contributed by atoms with Crippen LogP contribution in [-0.2, 0) is 0 Å². The fourth-order valence-electron chi connectivity index (χ4n) is 1.04. The van der Waals surface area contributed by atoms with Gasteiger partial charge in [0.15, 0.2) is 0 Å². The Morgan fingerprint density at radius 3 is 2.71 bits per heavy atom. The predicted molar refractivity (Wildman–Crippen MR) is 57.1 cm³/mol. The van der Waals surface area contributed by atoms with Crippen LogP contribution in [0.4, 0.5) is 0 Å². The van der Waals surface area contributed by atoms with Crippen molar-refractivity contribution in [2.45, 2.75) is 6.92 Å². The van der Waals surface area contributed by atoms with Crippen LogP contribution in [0.3, 0.4) is 0 Å². The van der Waals surface area contributed by atoms with Crippen molar-refractivity contribution in [3.8, 4) is 9.88 Å². The molecule has 0 fully saturated rings. The number of rotatable bonds is 2. The van der Waals surface area contributed by atoms with Crippen molar-refractivity contribution in [2.75, 3.05) is 0 Å². The van der Waals surface area contributed by atoms with Gasteiger partial charge in [-0.3, -0.25) is 0 Å². The normalized spacial score (nSPS) is 10.4. The number of hydrogen-bond donors (Lipinski definition) is 1. The number of thiophene rings is 1. The SMILES string of the molecule is Cc1ccc(-c2ncc(C(=O)O)s2)s1. The maximum atomic E-state index is 10.6. The van der Waals surface area contributed by atoms with E-state index in [0.717, 1.165) is 9.88 Å². The molecule has 0 aliphatic carbocycles. The van der Waals surface area contributed by atoms with Gasteiger partial charge in [0.05, 0.1) is 11.1 Å². The van der Waals surface area contributed by atoms with Crippen LogP contribution in [0.1, 0.15) is 14.5 Å². The van der Waals surface area contributed by atoms with Gasteiger partial charge in [-0.2, -0.15) is 0 Å². The molecule has 2 rings (SSSR count). The first-order valence-corrected chi connectivity index (χ1v) is 5.56. The topological polar surface area (TPSA) is 50.2 Å². The summed E-state index contributed by atoms with van der Waals surface area (Å²) in [5.74, 6) is -0.915. The van der Waals surface area contributed by atoms with E-state index in [9.17, 15) is 4.79 Å². The molecule has 1 N–H and O–H groups in total. The minimum Gasteiger partial charge on any atom is -0.477 e. The van der Waals surface area contributed by atoms with Crippen LogP contribution < -0.4 is 0 Å². The van der Waals surface area contributed by atoms with Gasteiger partial charge in [-0.25, -0.2) is 9.78 Å². The highest BCUT2D eigenvalue weighted by molar-refractivity contribution is 7.22. The first kappa shape index (κ1) is 9.36. The zero-order valence-corrected chi connectivity index (χ0v) is 8.98. The molecule has 14 heavy (non-hydrogen) atoms. The summed E-state index contributed by atoms with van der Waals surface area (Å²) in [5, 5.41) is 9.50. The number of aryl methyl sites for hydroxylation is 1. The summed E-state index contributed by atoms with van der Waals surface area (Å²) in [6.07, 6.45) is 1.40. The second-order valence-corrected chi connectivity index (χ2v) is 5.06. The van der Waals surface area contributed by atoms with Gasteiger partial charge < -0.3 is 5.11 Å². The maximum Gasteiger partial charge on any atom is 0.347 e. The average Bonchev–Trinajstić information content (AvgIpc) is 2.70. The Bertz CT molecular complexity index is 473. The summed E-state index contributed by atoms with van der Waals surface area (Å²) in [4.78, 5) is 17.2. The number of carboxylic acid groups (broad SMARTS) is 1. The molecule has 0 saturated carbocycles. The highest BCUT2D eigenvalue weighted by Gasteiger charge is 2.10. The number of carbonyl (C=O) groups is 1. The van der Waals surface area contributed by atoms with Crippen molar-refractivity contribution in [3.05, 3.63) is 28.1 Å². The summed E-state index contributed by atoms with van der Waals surface area (Å²) in [6, 6.07) is 3.96. The summed E-state index contributed by atoms with van der Waals surface area (Å²) >= 11 is 2.83. The van der Waals surface area contributed by atoms with Crippen molar-refractivity contribution in [1.29, 1.82) is 0 Å². The molecule has 0 radical (unpaired) electrons. The molecule has 72 valence electrons. The Labute approximate surface area is 88.7 Å². The first-order chi connectivity index (χ1) is 6.66. The Morgan fingerprint density at radius 2 is 2.21 bits per heavy atom. The summed E-state index contributed by atoms with van der Waals surface area (Å²) in [7, 11) is 0. The summed E-state index contributed by atoms with van der Waals surface area (Å²) in [6.45, 7) is 2.01. The lowest BCUT2D eigenvalue weighted by Crippen LogP contribution is -1.89. The van der Waals surface area contributed by atoms with Gasteiger partial charge in [0, 0.05) is 4.88 Å². The van der Waals surface area contributed by atoms with Crippen LogP contribution in [0.25, 0.3) is 9.88 Å². The molecule has 0 spiro atoms. The van der Waals surface area contributed by atoms with Crippen LogP contribution in [-0.4, -0.2) is 16.1 Å². The number of hydrogen-bond acceptors (Lipinski definition) is 4. The van der Waals surface area contributed by atoms with Crippen LogP contribution in [0.15, 0.2) is 18.3 Å². The molecular formula is C9H7NO2S2. The molecule has 0 atom stereocenters. The molecule has 0 aliphatic rings. The Kier molecular flexibility index (Phi) is 2.35. The average molecular weight is 225 g/mol. The quantitative estimate of drug-likeness (QED) is 0.855. The second-order valence-electron chi connectivity index (χ2n) is 2.75. The summed E-state index contributed by atoms with van der Waals surface area (Å²) < 4.78 is 0. The minimum absolute atomic E-state index is 0.283. The lowest BCUT2D eigenvalue weighted by molar-refractivity contribution is 0.0702. The van der Waals surface area contributed by atoms with Gasteiger partial charge in [-0.15, -0.1) is 22.7 Å². The van der Waals surface area contributed by atoms with Crippen LogP contribution in [0, 0.1) is 6.92 Å². The van der Waals surface area contributed by atoms with Crippen molar-refractivity contribution in [1.82, 2.24) is 4.98 Å². The summed E-state index contributed by atoms with van der Waals surface area (Å²) in [5.41, 5.74) is 0. The number of carboxylic acids is 1. The van der Waals surface area contributed by atoms with Crippen molar-refractivity contribution in [3.63, 3.8) is 0 Å². The minimum atomic E-state index is -0.915. The monoisotopic (exact) mass is 225 g/mol. The van der Waals surface area contributed by atoms with Gasteiger partial charge in [-0.1, -0.05) is 0 Å². The molecule has 0 aliphatic heterocycles. The van der Waals surface area contributed by atoms with Crippen LogP contribution in [0.5, 0.6) is 0 Å². The van der Waals surface area contributed by atoms with Gasteiger partial charge in [0.1, 0.15) is 9.88 Å². The first-order valence-electron chi connectivity index (χ1n) is 3.93. The molecule has 2 aromatic heterocycles. The fraction of sp³-hybridized carbons (Fsp3) is 0.111. The maximum absolute atomic E-state index is 10.6. The molecule has 2 aromatic rings. The number of thiazole rings is 1. The Balaban J connectivity index is 2.38. The Hall–Kier alpha value is -1.20. The number of nitrogens with zero attached hydrogens (tertiary/aromatic N) is 1. The van der Waals surface area contributed by atoms with Crippen LogP contribution >= 0.6 is 22.7 Å². The van der Waals surface area contributed by atoms with E-state index in [1.54, 1.807) is 11.3 Å². The van der Waals surface area contributed by atoms with Gasteiger partial charge in [-0.05, 0) is 19.1 Å². The third-order valence-corrected chi connectivity index (χ3v) is 3.82. The predicted octanol–water partition coefficient (Wildman–Crippen LogP) is 2.88. The van der Waals surface area contributed by atoms with E-state index in [-0.39, 0.29) is 4.88 Å². The van der Waals surface area contributed by atoms with E-state index in [0.29, 0.717) is 0 Å². The van der Waals surface area contributed by atoms with Crippen molar-refractivity contribution < 1.29 is 9.90 Å². The molecule has 2 heterocycles. The van der Waals surface area contributed by atoms with Crippen molar-refractivity contribution in [2.24, 2.45) is 0 Å². The van der Waals surface area contributed by atoms with Gasteiger partial charge in [0.2, 0.25) is 0 Å². The zero-order valence-electron chi connectivity index (χ0n) is 7.35. The fourth-order valence-corrected chi connectivity index (χ4v) is 2.72. The molecule has 3 nitrogen and oxygen atoms in total. The standard InChI is InChI=1S/C9H7NO2S2/c1-5-2-3-6(13-5)8-10-4-7(14-8)9(11)12/h2-4H,1H3,(H,11,12). The van der Waals surface area contributed by atoms with E-state index in [4.69, 9.17) is 5.11 Å². The van der Waals surface area contributed by atoms with E-state index in [1.165, 1.54) is 22.4 Å².